The summed E-state index contributed by atoms with van der Waals surface area (Å²) in [5, 5.41) is 6.29. The van der Waals surface area contributed by atoms with E-state index in [2.05, 4.69) is 30.2 Å². The molecule has 2 aromatic rings. The number of aromatic nitrogens is 2. The summed E-state index contributed by atoms with van der Waals surface area (Å²) in [5.74, 6) is 0.778. The normalized spacial score (nSPS) is 15.2. The van der Waals surface area contributed by atoms with Gasteiger partial charge in [-0.05, 0) is 44.2 Å². The maximum atomic E-state index is 12.2. The summed E-state index contributed by atoms with van der Waals surface area (Å²) in [4.78, 5) is 11.1. The molecule has 2 heterocycles. The molecule has 1 aromatic heterocycles. The van der Waals surface area contributed by atoms with E-state index in [1.807, 2.05) is 13.0 Å². The number of ether oxygens (including phenoxy) is 2. The van der Waals surface area contributed by atoms with Crippen LogP contribution in [-0.4, -0.2) is 60.6 Å². The van der Waals surface area contributed by atoms with E-state index in [0.29, 0.717) is 17.5 Å². The summed E-state index contributed by atoms with van der Waals surface area (Å²) in [6.45, 7) is 7.13. The monoisotopic (exact) mass is 411 g/mol. The number of hydrogen-bond acceptors (Lipinski definition) is 7. The van der Waals surface area contributed by atoms with E-state index in [4.69, 9.17) is 4.74 Å². The SMILES string of the molecule is Cc1cc(NCCCN2CCOCC2)nc(Nc2ccc(OC(F)(F)F)cc2)n1. The van der Waals surface area contributed by atoms with Gasteiger partial charge in [-0.3, -0.25) is 4.90 Å². The van der Waals surface area contributed by atoms with E-state index < -0.39 is 6.36 Å². The molecule has 10 heteroatoms. The molecule has 1 aliphatic heterocycles. The van der Waals surface area contributed by atoms with E-state index >= 15 is 0 Å². The third-order valence-electron chi connectivity index (χ3n) is 4.26. The molecule has 29 heavy (non-hydrogen) atoms. The van der Waals surface area contributed by atoms with Gasteiger partial charge in [-0.15, -0.1) is 13.2 Å². The van der Waals surface area contributed by atoms with Crippen LogP contribution in [0.3, 0.4) is 0 Å². The van der Waals surface area contributed by atoms with Gasteiger partial charge in [0.25, 0.3) is 0 Å². The van der Waals surface area contributed by atoms with Crippen molar-refractivity contribution in [3.05, 3.63) is 36.0 Å². The van der Waals surface area contributed by atoms with Crippen molar-refractivity contribution in [1.82, 2.24) is 14.9 Å². The molecular weight excluding hydrogens is 387 g/mol. The molecule has 0 saturated carbocycles. The Labute approximate surface area is 167 Å². The number of halogens is 3. The number of nitrogens with one attached hydrogen (secondary N) is 2. The zero-order valence-corrected chi connectivity index (χ0v) is 16.1. The highest BCUT2D eigenvalue weighted by molar-refractivity contribution is 5.56. The van der Waals surface area contributed by atoms with Crippen LogP contribution in [0.15, 0.2) is 30.3 Å². The number of hydrogen-bond donors (Lipinski definition) is 2. The van der Waals surface area contributed by atoms with Gasteiger partial charge in [0.2, 0.25) is 5.95 Å². The molecule has 0 aliphatic carbocycles. The summed E-state index contributed by atoms with van der Waals surface area (Å²) < 4.78 is 45.9. The fraction of sp³-hybridized carbons (Fsp3) is 0.474. The molecule has 1 aliphatic rings. The molecule has 158 valence electrons. The predicted octanol–water partition coefficient (Wildman–Crippen LogP) is 3.56. The largest absolute Gasteiger partial charge is 0.573 e. The molecule has 1 saturated heterocycles. The standard InChI is InChI=1S/C19H24F3N5O2/c1-14-13-17(23-7-2-8-27-9-11-28-12-10-27)26-18(24-14)25-15-3-5-16(6-4-15)29-19(20,21)22/h3-6,13H,2,7-12H2,1H3,(H2,23,24,25,26). The van der Waals surface area contributed by atoms with Gasteiger partial charge in [0.1, 0.15) is 11.6 Å². The van der Waals surface area contributed by atoms with E-state index in [1.165, 1.54) is 24.3 Å². The molecule has 1 fully saturated rings. The van der Waals surface area contributed by atoms with Crippen LogP contribution in [0.4, 0.5) is 30.6 Å². The topological polar surface area (TPSA) is 71.5 Å². The maximum absolute atomic E-state index is 12.2. The quantitative estimate of drug-likeness (QED) is 0.644. The number of rotatable bonds is 8. The van der Waals surface area contributed by atoms with E-state index in [1.54, 1.807) is 0 Å². The first-order valence-electron chi connectivity index (χ1n) is 9.40. The van der Waals surface area contributed by atoms with Gasteiger partial charge in [0, 0.05) is 37.1 Å². The van der Waals surface area contributed by atoms with Gasteiger partial charge in [-0.1, -0.05) is 0 Å². The average molecular weight is 411 g/mol. The molecule has 0 radical (unpaired) electrons. The zero-order chi connectivity index (χ0) is 20.7. The first-order valence-corrected chi connectivity index (χ1v) is 9.40. The molecule has 0 spiro atoms. The molecular formula is C19H24F3N5O2. The fourth-order valence-corrected chi connectivity index (χ4v) is 2.93. The van der Waals surface area contributed by atoms with Crippen LogP contribution in [0.5, 0.6) is 5.75 Å². The second-order valence-corrected chi connectivity index (χ2v) is 6.65. The van der Waals surface area contributed by atoms with E-state index in [9.17, 15) is 13.2 Å². The third kappa shape index (κ3) is 7.39. The smallest absolute Gasteiger partial charge is 0.406 e. The highest BCUT2D eigenvalue weighted by atomic mass is 19.4. The lowest BCUT2D eigenvalue weighted by Gasteiger charge is -2.26. The Morgan fingerprint density at radius 3 is 2.55 bits per heavy atom. The van der Waals surface area contributed by atoms with Crippen molar-refractivity contribution < 1.29 is 22.6 Å². The molecule has 7 nitrogen and oxygen atoms in total. The lowest BCUT2D eigenvalue weighted by molar-refractivity contribution is -0.274. The van der Waals surface area contributed by atoms with Crippen LogP contribution >= 0.6 is 0 Å². The highest BCUT2D eigenvalue weighted by Gasteiger charge is 2.30. The van der Waals surface area contributed by atoms with Gasteiger partial charge >= 0.3 is 6.36 Å². The molecule has 0 bridgehead atoms. The van der Waals surface area contributed by atoms with Crippen molar-refractivity contribution in [3.8, 4) is 5.75 Å². The minimum Gasteiger partial charge on any atom is -0.406 e. The fourth-order valence-electron chi connectivity index (χ4n) is 2.93. The number of morpholine rings is 1. The first kappa shape index (κ1) is 21.1. The van der Waals surface area contributed by atoms with Crippen LogP contribution < -0.4 is 15.4 Å². The number of benzene rings is 1. The van der Waals surface area contributed by atoms with Crippen molar-refractivity contribution in [2.24, 2.45) is 0 Å². The third-order valence-corrected chi connectivity index (χ3v) is 4.26. The number of alkyl halides is 3. The van der Waals surface area contributed by atoms with Crippen molar-refractivity contribution >= 4 is 17.5 Å². The predicted molar refractivity (Wildman–Crippen MR) is 104 cm³/mol. The second-order valence-electron chi connectivity index (χ2n) is 6.65. The number of anilines is 3. The Morgan fingerprint density at radius 1 is 1.14 bits per heavy atom. The highest BCUT2D eigenvalue weighted by Crippen LogP contribution is 2.25. The zero-order valence-electron chi connectivity index (χ0n) is 16.1. The minimum absolute atomic E-state index is 0.282. The van der Waals surface area contributed by atoms with Crippen molar-refractivity contribution in [2.75, 3.05) is 50.0 Å². The minimum atomic E-state index is -4.71. The van der Waals surface area contributed by atoms with Crippen LogP contribution in [-0.2, 0) is 4.74 Å². The Bertz CT molecular complexity index is 780. The van der Waals surface area contributed by atoms with E-state index in [0.717, 1.165) is 51.5 Å². The summed E-state index contributed by atoms with van der Waals surface area (Å²) in [5.41, 5.74) is 1.33. The number of nitrogens with zero attached hydrogens (tertiary/aromatic N) is 3. The molecule has 2 N–H and O–H groups in total. The molecule has 0 unspecified atom stereocenters. The van der Waals surface area contributed by atoms with Crippen LogP contribution in [0.2, 0.25) is 0 Å². The second kappa shape index (κ2) is 9.75. The lowest BCUT2D eigenvalue weighted by Crippen LogP contribution is -2.37. The molecule has 1 aromatic carbocycles. The Morgan fingerprint density at radius 2 is 1.86 bits per heavy atom. The van der Waals surface area contributed by atoms with Gasteiger partial charge in [0.05, 0.1) is 13.2 Å². The number of aryl methyl sites for hydroxylation is 1. The van der Waals surface area contributed by atoms with Crippen LogP contribution in [0, 0.1) is 6.92 Å². The van der Waals surface area contributed by atoms with Crippen LogP contribution in [0.25, 0.3) is 0 Å². The van der Waals surface area contributed by atoms with Gasteiger partial charge < -0.3 is 20.1 Å². The van der Waals surface area contributed by atoms with Crippen molar-refractivity contribution in [1.29, 1.82) is 0 Å². The van der Waals surface area contributed by atoms with Gasteiger partial charge in [-0.25, -0.2) is 4.98 Å². The maximum Gasteiger partial charge on any atom is 0.573 e. The van der Waals surface area contributed by atoms with Crippen LogP contribution in [0.1, 0.15) is 12.1 Å². The Kier molecular flexibility index (Phi) is 7.10. The first-order chi connectivity index (χ1) is 13.9. The summed E-state index contributed by atoms with van der Waals surface area (Å²) in [7, 11) is 0. The molecule has 0 atom stereocenters. The Hall–Kier alpha value is -2.59. The van der Waals surface area contributed by atoms with E-state index in [-0.39, 0.29) is 5.75 Å². The summed E-state index contributed by atoms with van der Waals surface area (Å²) in [6, 6.07) is 7.26. The molecule has 0 amide bonds. The average Bonchev–Trinajstić information content (AvgIpc) is 2.66. The van der Waals surface area contributed by atoms with Crippen molar-refractivity contribution in [3.63, 3.8) is 0 Å². The lowest BCUT2D eigenvalue weighted by atomic mass is 10.3. The Balaban J connectivity index is 1.51. The summed E-state index contributed by atoms with van der Waals surface area (Å²) in [6.07, 6.45) is -3.73. The van der Waals surface area contributed by atoms with Gasteiger partial charge in [0.15, 0.2) is 0 Å². The van der Waals surface area contributed by atoms with Gasteiger partial charge in [-0.2, -0.15) is 4.98 Å². The molecule has 3 rings (SSSR count). The summed E-state index contributed by atoms with van der Waals surface area (Å²) >= 11 is 0. The van der Waals surface area contributed by atoms with Crippen molar-refractivity contribution in [2.45, 2.75) is 19.7 Å².